The van der Waals surface area contributed by atoms with Crippen molar-refractivity contribution in [2.45, 2.75) is 59.5 Å². The Hall–Kier alpha value is -2.55. The van der Waals surface area contributed by atoms with Crippen molar-refractivity contribution in [3.05, 3.63) is 52.3 Å². The van der Waals surface area contributed by atoms with Gasteiger partial charge in [-0.05, 0) is 50.8 Å². The third-order valence-corrected chi connectivity index (χ3v) is 4.84. The molecule has 9 heteroatoms. The summed E-state index contributed by atoms with van der Waals surface area (Å²) in [6, 6.07) is 7.39. The molecule has 2 rings (SSSR count). The summed E-state index contributed by atoms with van der Waals surface area (Å²) in [6.45, 7) is 7.95. The second-order valence-electron chi connectivity index (χ2n) is 7.65. The van der Waals surface area contributed by atoms with Crippen molar-refractivity contribution in [1.29, 1.82) is 0 Å². The van der Waals surface area contributed by atoms with Crippen LogP contribution in [0.15, 0.2) is 29.3 Å². The maximum atomic E-state index is 12.2. The van der Waals surface area contributed by atoms with Crippen molar-refractivity contribution in [2.75, 3.05) is 13.2 Å². The number of aliphatic imine (C=N–C) groups is 1. The Morgan fingerprint density at radius 3 is 2.58 bits per heavy atom. The highest BCUT2D eigenvalue weighted by atomic mass is 19.4. The molecular formula is C22H32F3N5O. The molecule has 0 saturated heterocycles. The zero-order chi connectivity index (χ0) is 23.0. The van der Waals surface area contributed by atoms with E-state index in [1.54, 1.807) is 12.1 Å². The summed E-state index contributed by atoms with van der Waals surface area (Å²) in [5.74, 6) is 0.688. The Bertz CT molecular complexity index is 877. The molecule has 1 atom stereocenters. The van der Waals surface area contributed by atoms with Gasteiger partial charge in [0.1, 0.15) is 6.61 Å². The molecule has 0 radical (unpaired) electrons. The fraction of sp³-hybridized carbons (Fsp3) is 0.545. The van der Waals surface area contributed by atoms with E-state index >= 15 is 0 Å². The molecule has 0 amide bonds. The number of alkyl halides is 3. The Kier molecular flexibility index (Phi) is 8.91. The van der Waals surface area contributed by atoms with Crippen LogP contribution in [-0.4, -0.2) is 41.1 Å². The maximum Gasteiger partial charge on any atom is 0.411 e. The molecule has 172 valence electrons. The quantitative estimate of drug-likeness (QED) is 0.461. The predicted octanol–water partition coefficient (Wildman–Crippen LogP) is 3.80. The van der Waals surface area contributed by atoms with Gasteiger partial charge in [0, 0.05) is 25.3 Å². The minimum Gasteiger partial charge on any atom is -0.367 e. The zero-order valence-electron chi connectivity index (χ0n) is 18.8. The van der Waals surface area contributed by atoms with E-state index < -0.39 is 12.8 Å². The molecule has 0 spiro atoms. The summed E-state index contributed by atoms with van der Waals surface area (Å²) in [6.07, 6.45) is -3.50. The lowest BCUT2D eigenvalue weighted by Crippen LogP contribution is -2.43. The van der Waals surface area contributed by atoms with Crippen LogP contribution in [0.5, 0.6) is 0 Å². The first-order chi connectivity index (χ1) is 14.6. The third kappa shape index (κ3) is 8.24. The first-order valence-corrected chi connectivity index (χ1v) is 10.3. The highest BCUT2D eigenvalue weighted by molar-refractivity contribution is 5.80. The molecule has 0 bridgehead atoms. The van der Waals surface area contributed by atoms with E-state index in [1.165, 1.54) is 5.56 Å². The predicted molar refractivity (Wildman–Crippen MR) is 116 cm³/mol. The summed E-state index contributed by atoms with van der Waals surface area (Å²) in [4.78, 5) is 4.63. The molecule has 6 nitrogen and oxygen atoms in total. The average Bonchev–Trinajstić information content (AvgIpc) is 2.92. The Labute approximate surface area is 181 Å². The number of hydrogen-bond donors (Lipinski definition) is 2. The molecular weight excluding hydrogens is 407 g/mol. The molecule has 0 aliphatic heterocycles. The summed E-state index contributed by atoms with van der Waals surface area (Å²) in [7, 11) is 1.94. The standard InChI is InChI=1S/C22H32F3N5O/c1-6-26-21(28-15(2)10-20-16(3)29-30(5)17(20)4)27-12-18-8-7-9-19(11-18)13-31-14-22(23,24)25/h7-9,11,15H,6,10,12-14H2,1-5H3,(H2,26,27,28). The number of guanidine groups is 1. The molecule has 1 aromatic carbocycles. The van der Waals surface area contributed by atoms with Crippen LogP contribution in [0.3, 0.4) is 0 Å². The SMILES string of the molecule is CCNC(=NCc1cccc(COCC(F)(F)F)c1)NC(C)Cc1c(C)nn(C)c1C. The van der Waals surface area contributed by atoms with Gasteiger partial charge in [0.2, 0.25) is 0 Å². The smallest absolute Gasteiger partial charge is 0.367 e. The van der Waals surface area contributed by atoms with Gasteiger partial charge in [0.05, 0.1) is 18.8 Å². The van der Waals surface area contributed by atoms with Gasteiger partial charge in [-0.3, -0.25) is 4.68 Å². The molecule has 0 fully saturated rings. The molecule has 1 aromatic heterocycles. The van der Waals surface area contributed by atoms with E-state index in [2.05, 4.69) is 34.6 Å². The number of halogens is 3. The highest BCUT2D eigenvalue weighted by Crippen LogP contribution is 2.16. The molecule has 31 heavy (non-hydrogen) atoms. The lowest BCUT2D eigenvalue weighted by atomic mass is 10.1. The molecule has 1 unspecified atom stereocenters. The van der Waals surface area contributed by atoms with Crippen molar-refractivity contribution in [2.24, 2.45) is 12.0 Å². The van der Waals surface area contributed by atoms with Gasteiger partial charge in [-0.1, -0.05) is 24.3 Å². The van der Waals surface area contributed by atoms with Gasteiger partial charge in [-0.25, -0.2) is 4.99 Å². The summed E-state index contributed by atoms with van der Waals surface area (Å²) in [5.41, 5.74) is 4.99. The van der Waals surface area contributed by atoms with Crippen LogP contribution in [0.2, 0.25) is 0 Å². The fourth-order valence-corrected chi connectivity index (χ4v) is 3.30. The van der Waals surface area contributed by atoms with Crippen molar-refractivity contribution < 1.29 is 17.9 Å². The molecule has 2 aromatic rings. The van der Waals surface area contributed by atoms with E-state index in [1.807, 2.05) is 37.7 Å². The summed E-state index contributed by atoms with van der Waals surface area (Å²) >= 11 is 0. The highest BCUT2D eigenvalue weighted by Gasteiger charge is 2.27. The largest absolute Gasteiger partial charge is 0.411 e. The van der Waals surface area contributed by atoms with Gasteiger partial charge >= 0.3 is 6.18 Å². The van der Waals surface area contributed by atoms with E-state index in [9.17, 15) is 13.2 Å². The van der Waals surface area contributed by atoms with Crippen LogP contribution < -0.4 is 10.6 Å². The number of rotatable bonds is 9. The molecule has 2 N–H and O–H groups in total. The van der Waals surface area contributed by atoms with Crippen LogP contribution in [0.1, 0.15) is 41.9 Å². The van der Waals surface area contributed by atoms with Crippen LogP contribution in [0.4, 0.5) is 13.2 Å². The van der Waals surface area contributed by atoms with E-state index in [4.69, 9.17) is 4.74 Å². The average molecular weight is 440 g/mol. The minimum absolute atomic E-state index is 0.0871. The van der Waals surface area contributed by atoms with Crippen LogP contribution in [-0.2, 0) is 31.4 Å². The first kappa shape index (κ1) is 24.7. The van der Waals surface area contributed by atoms with E-state index in [0.29, 0.717) is 18.1 Å². The monoisotopic (exact) mass is 439 g/mol. The number of aryl methyl sites for hydroxylation is 2. The Morgan fingerprint density at radius 1 is 1.26 bits per heavy atom. The van der Waals surface area contributed by atoms with Crippen LogP contribution in [0, 0.1) is 13.8 Å². The Morgan fingerprint density at radius 2 is 1.97 bits per heavy atom. The second-order valence-corrected chi connectivity index (χ2v) is 7.65. The number of aromatic nitrogens is 2. The molecule has 0 saturated carbocycles. The van der Waals surface area contributed by atoms with Gasteiger partial charge in [-0.15, -0.1) is 0 Å². The summed E-state index contributed by atoms with van der Waals surface area (Å²) < 4.78 is 43.4. The van der Waals surface area contributed by atoms with E-state index in [-0.39, 0.29) is 12.6 Å². The number of hydrogen-bond acceptors (Lipinski definition) is 3. The molecule has 1 heterocycles. The Balaban J connectivity index is 1.98. The van der Waals surface area contributed by atoms with Gasteiger partial charge in [0.25, 0.3) is 0 Å². The number of nitrogens with one attached hydrogen (secondary N) is 2. The number of benzene rings is 1. The van der Waals surface area contributed by atoms with Gasteiger partial charge in [0.15, 0.2) is 5.96 Å². The third-order valence-electron chi connectivity index (χ3n) is 4.84. The minimum atomic E-state index is -4.32. The van der Waals surface area contributed by atoms with Crippen molar-refractivity contribution in [1.82, 2.24) is 20.4 Å². The summed E-state index contributed by atoms with van der Waals surface area (Å²) in [5, 5.41) is 11.1. The molecule has 0 aliphatic carbocycles. The van der Waals surface area contributed by atoms with Crippen molar-refractivity contribution in [3.8, 4) is 0 Å². The van der Waals surface area contributed by atoms with Crippen LogP contribution >= 0.6 is 0 Å². The lowest BCUT2D eigenvalue weighted by molar-refractivity contribution is -0.176. The first-order valence-electron chi connectivity index (χ1n) is 10.3. The lowest BCUT2D eigenvalue weighted by Gasteiger charge is -2.18. The fourth-order valence-electron chi connectivity index (χ4n) is 3.30. The van der Waals surface area contributed by atoms with Crippen molar-refractivity contribution in [3.63, 3.8) is 0 Å². The number of ether oxygens (including phenoxy) is 1. The second kappa shape index (κ2) is 11.2. The topological polar surface area (TPSA) is 63.5 Å². The van der Waals surface area contributed by atoms with Crippen LogP contribution in [0.25, 0.3) is 0 Å². The van der Waals surface area contributed by atoms with Gasteiger partial charge < -0.3 is 15.4 Å². The number of nitrogens with zero attached hydrogens (tertiary/aromatic N) is 3. The zero-order valence-corrected chi connectivity index (χ0v) is 18.8. The molecule has 0 aliphatic rings. The van der Waals surface area contributed by atoms with E-state index in [0.717, 1.165) is 29.9 Å². The normalized spacial score (nSPS) is 13.4. The van der Waals surface area contributed by atoms with Crippen molar-refractivity contribution >= 4 is 5.96 Å². The van der Waals surface area contributed by atoms with Gasteiger partial charge in [-0.2, -0.15) is 18.3 Å². The maximum absolute atomic E-state index is 12.2.